The van der Waals surface area contributed by atoms with Gasteiger partial charge in [-0.05, 0) is 36.4 Å². The van der Waals surface area contributed by atoms with Crippen molar-refractivity contribution in [2.75, 3.05) is 19.5 Å². The van der Waals surface area contributed by atoms with Crippen LogP contribution in [0.2, 0.25) is 0 Å². The molecule has 0 aliphatic rings. The topological polar surface area (TPSA) is 67.8 Å². The van der Waals surface area contributed by atoms with E-state index < -0.39 is 5.97 Å². The molecular weight excluding hydrogens is 350 g/mol. The van der Waals surface area contributed by atoms with Crippen LogP contribution < -0.4 is 14.8 Å². The molecule has 0 aromatic heterocycles. The highest BCUT2D eigenvalue weighted by molar-refractivity contribution is 9.10. The van der Waals surface area contributed by atoms with Crippen LogP contribution in [0.15, 0.2) is 40.9 Å². The average molecular weight is 366 g/mol. The Labute approximate surface area is 137 Å². The molecule has 0 spiro atoms. The van der Waals surface area contributed by atoms with E-state index >= 15 is 0 Å². The molecule has 0 radical (unpaired) electrons. The molecule has 5 nitrogen and oxygen atoms in total. The summed E-state index contributed by atoms with van der Waals surface area (Å²) in [6, 6.07) is 10.3. The number of carboxylic acids is 1. The van der Waals surface area contributed by atoms with Gasteiger partial charge in [0.15, 0.2) is 11.5 Å². The maximum absolute atomic E-state index is 10.8. The summed E-state index contributed by atoms with van der Waals surface area (Å²) >= 11 is 3.50. The number of aromatic carboxylic acids is 1. The Kier molecular flexibility index (Phi) is 5.27. The molecule has 22 heavy (non-hydrogen) atoms. The lowest BCUT2D eigenvalue weighted by atomic mass is 10.1. The second kappa shape index (κ2) is 7.17. The number of carboxylic acid groups (broad SMARTS) is 1. The van der Waals surface area contributed by atoms with Crippen LogP contribution in [0, 0.1) is 0 Å². The Morgan fingerprint density at radius 1 is 1.14 bits per heavy atom. The molecule has 2 rings (SSSR count). The van der Waals surface area contributed by atoms with Crippen LogP contribution in [0.25, 0.3) is 0 Å². The van der Waals surface area contributed by atoms with Crippen molar-refractivity contribution in [1.82, 2.24) is 0 Å². The van der Waals surface area contributed by atoms with Gasteiger partial charge in [-0.15, -0.1) is 0 Å². The predicted octanol–water partition coefficient (Wildman–Crippen LogP) is 3.78. The number of rotatable bonds is 6. The molecule has 0 amide bonds. The van der Waals surface area contributed by atoms with Crippen molar-refractivity contribution < 1.29 is 19.4 Å². The Morgan fingerprint density at radius 3 is 2.36 bits per heavy atom. The van der Waals surface area contributed by atoms with Crippen molar-refractivity contribution in [3.8, 4) is 11.5 Å². The van der Waals surface area contributed by atoms with E-state index in [0.29, 0.717) is 18.0 Å². The summed E-state index contributed by atoms with van der Waals surface area (Å²) in [7, 11) is 3.18. The second-order valence-corrected chi connectivity index (χ2v) is 5.35. The first-order valence-electron chi connectivity index (χ1n) is 6.53. The summed E-state index contributed by atoms with van der Waals surface area (Å²) in [5.74, 6) is 0.374. The Bertz CT molecular complexity index is 671. The van der Waals surface area contributed by atoms with Crippen molar-refractivity contribution in [2.24, 2.45) is 0 Å². The molecule has 0 unspecified atom stereocenters. The van der Waals surface area contributed by atoms with Crippen molar-refractivity contribution >= 4 is 27.6 Å². The van der Waals surface area contributed by atoms with E-state index in [4.69, 9.17) is 14.6 Å². The van der Waals surface area contributed by atoms with Crippen molar-refractivity contribution in [1.29, 1.82) is 0 Å². The van der Waals surface area contributed by atoms with Crippen LogP contribution in [-0.2, 0) is 6.54 Å². The number of nitrogens with one attached hydrogen (secondary N) is 1. The standard InChI is InChI=1S/C16H16BrNO4/c1-21-14-8-7-13(17)12(15(14)22-2)9-18-11-5-3-10(4-6-11)16(19)20/h3-8,18H,9H2,1-2H3,(H,19,20). The second-order valence-electron chi connectivity index (χ2n) is 4.50. The summed E-state index contributed by atoms with van der Waals surface area (Å²) in [5, 5.41) is 12.1. The predicted molar refractivity (Wildman–Crippen MR) is 88.0 cm³/mol. The fourth-order valence-electron chi connectivity index (χ4n) is 2.05. The summed E-state index contributed by atoms with van der Waals surface area (Å²) < 4.78 is 11.6. The van der Waals surface area contributed by atoms with E-state index in [9.17, 15) is 4.79 Å². The minimum atomic E-state index is -0.941. The SMILES string of the molecule is COc1ccc(Br)c(CNc2ccc(C(=O)O)cc2)c1OC. The number of hydrogen-bond donors (Lipinski definition) is 2. The van der Waals surface area contributed by atoms with E-state index in [1.807, 2.05) is 12.1 Å². The molecule has 0 atom stereocenters. The highest BCUT2D eigenvalue weighted by Crippen LogP contribution is 2.36. The number of halogens is 1. The number of hydrogen-bond acceptors (Lipinski definition) is 4. The minimum Gasteiger partial charge on any atom is -0.493 e. The maximum Gasteiger partial charge on any atom is 0.335 e. The normalized spacial score (nSPS) is 10.1. The number of methoxy groups -OCH3 is 2. The van der Waals surface area contributed by atoms with E-state index in [-0.39, 0.29) is 5.56 Å². The van der Waals surface area contributed by atoms with Gasteiger partial charge in [0.2, 0.25) is 0 Å². The third-order valence-electron chi connectivity index (χ3n) is 3.19. The molecule has 0 aliphatic carbocycles. The fraction of sp³-hybridized carbons (Fsp3) is 0.188. The minimum absolute atomic E-state index is 0.255. The van der Waals surface area contributed by atoms with Crippen LogP contribution in [0.1, 0.15) is 15.9 Å². The van der Waals surface area contributed by atoms with Gasteiger partial charge in [-0.3, -0.25) is 0 Å². The van der Waals surface area contributed by atoms with Gasteiger partial charge in [-0.2, -0.15) is 0 Å². The molecule has 0 saturated carbocycles. The average Bonchev–Trinajstić information content (AvgIpc) is 2.53. The molecule has 0 fully saturated rings. The van der Waals surface area contributed by atoms with Gasteiger partial charge in [0.05, 0.1) is 19.8 Å². The third kappa shape index (κ3) is 3.51. The van der Waals surface area contributed by atoms with Crippen LogP contribution in [0.4, 0.5) is 5.69 Å². The zero-order valence-corrected chi connectivity index (χ0v) is 13.8. The van der Waals surface area contributed by atoms with E-state index in [1.165, 1.54) is 0 Å². The van der Waals surface area contributed by atoms with Crippen LogP contribution in [-0.4, -0.2) is 25.3 Å². The Morgan fingerprint density at radius 2 is 1.82 bits per heavy atom. The fourth-order valence-corrected chi connectivity index (χ4v) is 2.51. The molecule has 116 valence electrons. The molecule has 6 heteroatoms. The highest BCUT2D eigenvalue weighted by Gasteiger charge is 2.13. The first kappa shape index (κ1) is 16.2. The van der Waals surface area contributed by atoms with Gasteiger partial charge in [0.1, 0.15) is 0 Å². The Hall–Kier alpha value is -2.21. The molecular formula is C16H16BrNO4. The van der Waals surface area contributed by atoms with Gasteiger partial charge in [0.25, 0.3) is 0 Å². The van der Waals surface area contributed by atoms with Crippen molar-refractivity contribution in [2.45, 2.75) is 6.54 Å². The smallest absolute Gasteiger partial charge is 0.335 e. The molecule has 2 aromatic carbocycles. The molecule has 0 aliphatic heterocycles. The third-order valence-corrected chi connectivity index (χ3v) is 3.94. The van der Waals surface area contributed by atoms with Crippen molar-refractivity contribution in [3.63, 3.8) is 0 Å². The van der Waals surface area contributed by atoms with Crippen LogP contribution >= 0.6 is 15.9 Å². The largest absolute Gasteiger partial charge is 0.493 e. The van der Waals surface area contributed by atoms with Gasteiger partial charge in [-0.25, -0.2) is 4.79 Å². The van der Waals surface area contributed by atoms with Crippen molar-refractivity contribution in [3.05, 3.63) is 52.0 Å². The quantitative estimate of drug-likeness (QED) is 0.815. The number of benzene rings is 2. The lowest BCUT2D eigenvalue weighted by Gasteiger charge is -2.15. The van der Waals surface area contributed by atoms with Gasteiger partial charge in [0, 0.05) is 22.3 Å². The van der Waals surface area contributed by atoms with Crippen LogP contribution in [0.3, 0.4) is 0 Å². The Balaban J connectivity index is 2.19. The van der Waals surface area contributed by atoms with Crippen LogP contribution in [0.5, 0.6) is 11.5 Å². The molecule has 2 N–H and O–H groups in total. The molecule has 0 heterocycles. The zero-order valence-electron chi connectivity index (χ0n) is 12.2. The maximum atomic E-state index is 10.8. The number of ether oxygens (including phenoxy) is 2. The monoisotopic (exact) mass is 365 g/mol. The number of anilines is 1. The molecule has 2 aromatic rings. The number of carbonyl (C=O) groups is 1. The first-order chi connectivity index (χ1) is 10.6. The van der Waals surface area contributed by atoms with Gasteiger partial charge >= 0.3 is 5.97 Å². The van der Waals surface area contributed by atoms with E-state index in [0.717, 1.165) is 15.7 Å². The molecule has 0 bridgehead atoms. The van der Waals surface area contributed by atoms with E-state index in [2.05, 4.69) is 21.2 Å². The van der Waals surface area contributed by atoms with Gasteiger partial charge < -0.3 is 19.9 Å². The summed E-state index contributed by atoms with van der Waals surface area (Å²) in [6.07, 6.45) is 0. The highest BCUT2D eigenvalue weighted by atomic mass is 79.9. The molecule has 0 saturated heterocycles. The first-order valence-corrected chi connectivity index (χ1v) is 7.32. The summed E-state index contributed by atoms with van der Waals surface area (Å²) in [5.41, 5.74) is 2.00. The van der Waals surface area contributed by atoms with E-state index in [1.54, 1.807) is 38.5 Å². The van der Waals surface area contributed by atoms with Gasteiger partial charge in [-0.1, -0.05) is 15.9 Å². The zero-order chi connectivity index (χ0) is 16.1. The lowest BCUT2D eigenvalue weighted by Crippen LogP contribution is -2.04. The lowest BCUT2D eigenvalue weighted by molar-refractivity contribution is 0.0697. The summed E-state index contributed by atoms with van der Waals surface area (Å²) in [4.78, 5) is 10.8. The summed E-state index contributed by atoms with van der Waals surface area (Å²) in [6.45, 7) is 0.507.